The van der Waals surface area contributed by atoms with Crippen molar-refractivity contribution in [2.75, 3.05) is 6.61 Å². The van der Waals surface area contributed by atoms with Crippen LogP contribution >= 0.6 is 0 Å². The highest BCUT2D eigenvalue weighted by atomic mass is 16.5. The Bertz CT molecular complexity index is 506. The van der Waals surface area contributed by atoms with Crippen LogP contribution in [-0.2, 0) is 6.61 Å². The van der Waals surface area contributed by atoms with Crippen molar-refractivity contribution < 1.29 is 14.4 Å². The van der Waals surface area contributed by atoms with E-state index in [1.54, 1.807) is 12.5 Å². The minimum absolute atomic E-state index is 0.133. The Morgan fingerprint density at radius 3 is 2.76 bits per heavy atom. The lowest BCUT2D eigenvalue weighted by Gasteiger charge is -2.03. The Kier molecular flexibility index (Phi) is 3.79. The van der Waals surface area contributed by atoms with Gasteiger partial charge in [0.15, 0.2) is 0 Å². The molecule has 0 aliphatic carbocycles. The molecule has 1 aromatic carbocycles. The number of aliphatic hydroxyl groups is 1. The maximum atomic E-state index is 8.56. The fraction of sp³-hybridized carbons (Fsp3) is 0.154. The van der Waals surface area contributed by atoms with Crippen LogP contribution < -0.4 is 4.74 Å². The molecule has 2 rings (SSSR count). The van der Waals surface area contributed by atoms with Crippen molar-refractivity contribution in [3.05, 3.63) is 47.9 Å². The summed E-state index contributed by atoms with van der Waals surface area (Å²) < 4.78 is 10.2. The van der Waals surface area contributed by atoms with Gasteiger partial charge in [-0.05, 0) is 24.3 Å². The van der Waals surface area contributed by atoms with Gasteiger partial charge >= 0.3 is 0 Å². The van der Waals surface area contributed by atoms with E-state index in [4.69, 9.17) is 14.4 Å². The first kappa shape index (κ1) is 11.2. The summed E-state index contributed by atoms with van der Waals surface area (Å²) >= 11 is 0. The highest BCUT2D eigenvalue weighted by molar-refractivity contribution is 5.38. The van der Waals surface area contributed by atoms with Crippen LogP contribution in [-0.4, -0.2) is 16.9 Å². The summed E-state index contributed by atoms with van der Waals surface area (Å²) in [4.78, 5) is 0. The molecule has 0 saturated carbocycles. The SMILES string of the molecule is OCC#Cc1ccc(OCc2cnoc2)cc1. The van der Waals surface area contributed by atoms with Crippen LogP contribution in [0.3, 0.4) is 0 Å². The summed E-state index contributed by atoms with van der Waals surface area (Å²) in [6.07, 6.45) is 3.15. The molecule has 86 valence electrons. The highest BCUT2D eigenvalue weighted by Crippen LogP contribution is 2.13. The summed E-state index contributed by atoms with van der Waals surface area (Å²) in [5, 5.41) is 12.1. The molecular weight excluding hydrogens is 218 g/mol. The maximum Gasteiger partial charge on any atom is 0.130 e. The summed E-state index contributed by atoms with van der Waals surface area (Å²) in [6, 6.07) is 7.33. The molecule has 1 aromatic heterocycles. The third-order valence-electron chi connectivity index (χ3n) is 2.06. The first-order valence-corrected chi connectivity index (χ1v) is 5.09. The molecule has 1 N–H and O–H groups in total. The largest absolute Gasteiger partial charge is 0.489 e. The van der Waals surface area contributed by atoms with Gasteiger partial charge in [-0.2, -0.15) is 0 Å². The number of nitrogens with zero attached hydrogens (tertiary/aromatic N) is 1. The van der Waals surface area contributed by atoms with E-state index in [0.717, 1.165) is 16.9 Å². The molecular formula is C13H11NO3. The van der Waals surface area contributed by atoms with E-state index in [0.29, 0.717) is 6.61 Å². The standard InChI is InChI=1S/C13H11NO3/c15-7-1-2-11-3-5-13(6-4-11)16-9-12-8-14-17-10-12/h3-6,8,10,15H,7,9H2. The minimum Gasteiger partial charge on any atom is -0.489 e. The van der Waals surface area contributed by atoms with Gasteiger partial charge in [0.05, 0.1) is 6.20 Å². The minimum atomic E-state index is -0.133. The van der Waals surface area contributed by atoms with Gasteiger partial charge in [-0.25, -0.2) is 0 Å². The summed E-state index contributed by atoms with van der Waals surface area (Å²) in [7, 11) is 0. The first-order chi connectivity index (χ1) is 8.38. The zero-order valence-electron chi connectivity index (χ0n) is 9.09. The lowest BCUT2D eigenvalue weighted by Crippen LogP contribution is -1.93. The molecule has 0 aliphatic heterocycles. The van der Waals surface area contributed by atoms with Gasteiger partial charge < -0.3 is 14.4 Å². The molecule has 0 atom stereocenters. The van der Waals surface area contributed by atoms with Crippen LogP contribution in [0.1, 0.15) is 11.1 Å². The lowest BCUT2D eigenvalue weighted by atomic mass is 10.2. The normalized spacial score (nSPS) is 9.47. The fourth-order valence-electron chi connectivity index (χ4n) is 1.24. The Balaban J connectivity index is 1.94. The quantitative estimate of drug-likeness (QED) is 0.812. The van der Waals surface area contributed by atoms with Gasteiger partial charge in [0.1, 0.15) is 25.2 Å². The first-order valence-electron chi connectivity index (χ1n) is 5.09. The zero-order valence-corrected chi connectivity index (χ0v) is 9.09. The molecule has 2 aromatic rings. The number of aromatic nitrogens is 1. The topological polar surface area (TPSA) is 55.5 Å². The van der Waals surface area contributed by atoms with Crippen molar-refractivity contribution in [2.45, 2.75) is 6.61 Å². The number of aliphatic hydroxyl groups excluding tert-OH is 1. The van der Waals surface area contributed by atoms with Crippen LogP contribution in [0.25, 0.3) is 0 Å². The molecule has 0 fully saturated rings. The van der Waals surface area contributed by atoms with Crippen LogP contribution in [0, 0.1) is 11.8 Å². The summed E-state index contributed by atoms with van der Waals surface area (Å²) in [6.45, 7) is 0.289. The highest BCUT2D eigenvalue weighted by Gasteiger charge is 1.97. The number of benzene rings is 1. The molecule has 4 nitrogen and oxygen atoms in total. The zero-order chi connectivity index (χ0) is 11.9. The molecule has 1 heterocycles. The van der Waals surface area contributed by atoms with Gasteiger partial charge in [-0.1, -0.05) is 17.0 Å². The number of rotatable bonds is 3. The van der Waals surface area contributed by atoms with Crippen LogP contribution in [0.5, 0.6) is 5.75 Å². The Morgan fingerprint density at radius 1 is 1.29 bits per heavy atom. The Hall–Kier alpha value is -2.25. The van der Waals surface area contributed by atoms with E-state index in [1.165, 1.54) is 0 Å². The van der Waals surface area contributed by atoms with E-state index in [-0.39, 0.29) is 6.61 Å². The second-order valence-corrected chi connectivity index (χ2v) is 3.31. The number of ether oxygens (including phenoxy) is 1. The van der Waals surface area contributed by atoms with Crippen molar-refractivity contribution in [1.82, 2.24) is 5.16 Å². The molecule has 0 amide bonds. The third-order valence-corrected chi connectivity index (χ3v) is 2.06. The van der Waals surface area contributed by atoms with Crippen molar-refractivity contribution in [3.63, 3.8) is 0 Å². The molecule has 0 aliphatic rings. The van der Waals surface area contributed by atoms with E-state index >= 15 is 0 Å². The van der Waals surface area contributed by atoms with Crippen molar-refractivity contribution in [2.24, 2.45) is 0 Å². The smallest absolute Gasteiger partial charge is 0.130 e. The number of hydrogen-bond donors (Lipinski definition) is 1. The lowest BCUT2D eigenvalue weighted by molar-refractivity contribution is 0.304. The fourth-order valence-corrected chi connectivity index (χ4v) is 1.24. The van der Waals surface area contributed by atoms with Crippen molar-refractivity contribution in [3.8, 4) is 17.6 Å². The summed E-state index contributed by atoms with van der Waals surface area (Å²) in [5.74, 6) is 6.14. The molecule has 0 spiro atoms. The second kappa shape index (κ2) is 5.73. The molecule has 0 saturated heterocycles. The third kappa shape index (κ3) is 3.37. The predicted octanol–water partition coefficient (Wildman–Crippen LogP) is 1.60. The molecule has 0 radical (unpaired) electrons. The van der Waals surface area contributed by atoms with Gasteiger partial charge in [-0.15, -0.1) is 0 Å². The monoisotopic (exact) mass is 229 g/mol. The molecule has 0 unspecified atom stereocenters. The van der Waals surface area contributed by atoms with Gasteiger partial charge in [0, 0.05) is 11.1 Å². The van der Waals surface area contributed by atoms with Crippen molar-refractivity contribution in [1.29, 1.82) is 0 Å². The van der Waals surface area contributed by atoms with Crippen LogP contribution in [0.4, 0.5) is 0 Å². The van der Waals surface area contributed by atoms with Gasteiger partial charge in [0.25, 0.3) is 0 Å². The molecule has 4 heteroatoms. The predicted molar refractivity (Wildman–Crippen MR) is 61.2 cm³/mol. The second-order valence-electron chi connectivity index (χ2n) is 3.31. The Labute approximate surface area is 98.8 Å². The van der Waals surface area contributed by atoms with Gasteiger partial charge in [0.2, 0.25) is 0 Å². The van der Waals surface area contributed by atoms with Crippen LogP contribution in [0.15, 0.2) is 41.2 Å². The number of hydrogen-bond acceptors (Lipinski definition) is 4. The molecule has 17 heavy (non-hydrogen) atoms. The average Bonchev–Trinajstić information content (AvgIpc) is 2.88. The van der Waals surface area contributed by atoms with Crippen LogP contribution in [0.2, 0.25) is 0 Å². The Morgan fingerprint density at radius 2 is 2.12 bits per heavy atom. The van der Waals surface area contributed by atoms with E-state index < -0.39 is 0 Å². The van der Waals surface area contributed by atoms with Gasteiger partial charge in [-0.3, -0.25) is 0 Å². The van der Waals surface area contributed by atoms with E-state index in [9.17, 15) is 0 Å². The summed E-state index contributed by atoms with van der Waals surface area (Å²) in [5.41, 5.74) is 1.73. The molecule has 0 bridgehead atoms. The van der Waals surface area contributed by atoms with Crippen molar-refractivity contribution >= 4 is 0 Å². The van der Waals surface area contributed by atoms with E-state index in [2.05, 4.69) is 17.0 Å². The van der Waals surface area contributed by atoms with E-state index in [1.807, 2.05) is 24.3 Å². The maximum absolute atomic E-state index is 8.56. The average molecular weight is 229 g/mol.